The van der Waals surface area contributed by atoms with Gasteiger partial charge in [0.1, 0.15) is 0 Å². The molecule has 0 fully saturated rings. The van der Waals surface area contributed by atoms with Crippen molar-refractivity contribution in [1.82, 2.24) is 0 Å². The third-order valence-electron chi connectivity index (χ3n) is 2.71. The molecular formula is C16H9F5. The standard InChI is InChI=1S/C16H9F5/c17-12-11(13(18)15(20)16(21)14(12)19)9-5-4-8-10-6-2-1-3-7-10/h1-9H/b8-4+,9-5+. The Bertz CT molecular complexity index is 673. The van der Waals surface area contributed by atoms with Crippen molar-refractivity contribution in [3.63, 3.8) is 0 Å². The van der Waals surface area contributed by atoms with Crippen molar-refractivity contribution in [2.75, 3.05) is 0 Å². The minimum Gasteiger partial charge on any atom is -0.203 e. The Morgan fingerprint density at radius 2 is 1.05 bits per heavy atom. The molecule has 0 radical (unpaired) electrons. The highest BCUT2D eigenvalue weighted by Crippen LogP contribution is 2.23. The van der Waals surface area contributed by atoms with Crippen molar-refractivity contribution in [3.05, 3.63) is 82.7 Å². The van der Waals surface area contributed by atoms with Gasteiger partial charge in [0.25, 0.3) is 0 Å². The maximum absolute atomic E-state index is 13.4. The molecule has 108 valence electrons. The van der Waals surface area contributed by atoms with Crippen LogP contribution in [0.25, 0.3) is 12.2 Å². The fourth-order valence-corrected chi connectivity index (χ4v) is 1.65. The summed E-state index contributed by atoms with van der Waals surface area (Å²) in [5.41, 5.74) is -0.135. The molecule has 0 saturated heterocycles. The maximum atomic E-state index is 13.4. The molecule has 0 aliphatic heterocycles. The van der Waals surface area contributed by atoms with Crippen LogP contribution in [0.2, 0.25) is 0 Å². The van der Waals surface area contributed by atoms with Crippen LogP contribution in [0.4, 0.5) is 22.0 Å². The first kappa shape index (κ1) is 15.0. The van der Waals surface area contributed by atoms with Gasteiger partial charge in [-0.05, 0) is 11.6 Å². The van der Waals surface area contributed by atoms with Gasteiger partial charge in [-0.2, -0.15) is 0 Å². The van der Waals surface area contributed by atoms with Gasteiger partial charge in [-0.3, -0.25) is 0 Å². The van der Waals surface area contributed by atoms with Crippen molar-refractivity contribution in [3.8, 4) is 0 Å². The minimum absolute atomic E-state index is 0.829. The summed E-state index contributed by atoms with van der Waals surface area (Å²) < 4.78 is 65.5. The number of benzene rings is 2. The van der Waals surface area contributed by atoms with Gasteiger partial charge in [0.2, 0.25) is 5.82 Å². The topological polar surface area (TPSA) is 0 Å². The lowest BCUT2D eigenvalue weighted by Crippen LogP contribution is -2.03. The van der Waals surface area contributed by atoms with E-state index < -0.39 is 34.6 Å². The van der Waals surface area contributed by atoms with Crippen LogP contribution in [0, 0.1) is 29.1 Å². The predicted molar refractivity (Wildman–Crippen MR) is 70.7 cm³/mol. The van der Waals surface area contributed by atoms with Crippen molar-refractivity contribution in [2.45, 2.75) is 0 Å². The molecule has 0 aliphatic carbocycles. The van der Waals surface area contributed by atoms with Gasteiger partial charge in [0, 0.05) is 0 Å². The maximum Gasteiger partial charge on any atom is 0.200 e. The van der Waals surface area contributed by atoms with Crippen LogP contribution in [-0.4, -0.2) is 0 Å². The highest BCUT2D eigenvalue weighted by Gasteiger charge is 2.23. The molecule has 0 atom stereocenters. The van der Waals surface area contributed by atoms with Gasteiger partial charge in [-0.15, -0.1) is 0 Å². The average Bonchev–Trinajstić information content (AvgIpc) is 2.51. The highest BCUT2D eigenvalue weighted by atomic mass is 19.2. The Labute approximate surface area is 117 Å². The van der Waals surface area contributed by atoms with E-state index in [9.17, 15) is 22.0 Å². The Hall–Kier alpha value is -2.43. The van der Waals surface area contributed by atoms with E-state index >= 15 is 0 Å². The number of halogens is 5. The second kappa shape index (κ2) is 6.35. The lowest BCUT2D eigenvalue weighted by Gasteiger charge is -2.03. The fourth-order valence-electron chi connectivity index (χ4n) is 1.65. The molecule has 0 spiro atoms. The van der Waals surface area contributed by atoms with Crippen molar-refractivity contribution >= 4 is 12.2 Å². The molecule has 0 aliphatic rings. The van der Waals surface area contributed by atoms with E-state index in [0.29, 0.717) is 0 Å². The van der Waals surface area contributed by atoms with Crippen LogP contribution < -0.4 is 0 Å². The fraction of sp³-hybridized carbons (Fsp3) is 0. The number of hydrogen-bond acceptors (Lipinski definition) is 0. The quantitative estimate of drug-likeness (QED) is 0.319. The third kappa shape index (κ3) is 3.18. The molecule has 0 saturated carbocycles. The molecular weight excluding hydrogens is 287 g/mol. The van der Waals surface area contributed by atoms with E-state index in [1.54, 1.807) is 30.3 Å². The average molecular weight is 296 g/mol. The summed E-state index contributed by atoms with van der Waals surface area (Å²) in [7, 11) is 0. The van der Waals surface area contributed by atoms with Crippen molar-refractivity contribution in [1.29, 1.82) is 0 Å². The van der Waals surface area contributed by atoms with Gasteiger partial charge in [-0.25, -0.2) is 22.0 Å². The van der Waals surface area contributed by atoms with Crippen LogP contribution in [0.3, 0.4) is 0 Å². The van der Waals surface area contributed by atoms with Gasteiger partial charge >= 0.3 is 0 Å². The lowest BCUT2D eigenvalue weighted by atomic mass is 10.1. The molecule has 2 aromatic rings. The number of hydrogen-bond donors (Lipinski definition) is 0. The number of rotatable bonds is 3. The third-order valence-corrected chi connectivity index (χ3v) is 2.71. The van der Waals surface area contributed by atoms with Crippen molar-refractivity contribution < 1.29 is 22.0 Å². The Balaban J connectivity index is 2.28. The SMILES string of the molecule is Fc1c(F)c(F)c(/C=C/C=C/c2ccccc2)c(F)c1F. The van der Waals surface area contributed by atoms with Gasteiger partial charge in [0.15, 0.2) is 23.3 Å². The molecule has 0 heterocycles. The molecule has 0 N–H and O–H groups in total. The summed E-state index contributed by atoms with van der Waals surface area (Å²) in [6.07, 6.45) is 5.09. The van der Waals surface area contributed by atoms with Crippen LogP contribution in [0.15, 0.2) is 42.5 Å². The minimum atomic E-state index is -2.16. The Morgan fingerprint density at radius 1 is 0.571 bits per heavy atom. The van der Waals surface area contributed by atoms with E-state index in [2.05, 4.69) is 0 Å². The summed E-state index contributed by atoms with van der Waals surface area (Å²) in [6.45, 7) is 0. The molecule has 0 aromatic heterocycles. The first-order valence-corrected chi connectivity index (χ1v) is 5.93. The monoisotopic (exact) mass is 296 g/mol. The lowest BCUT2D eigenvalue weighted by molar-refractivity contribution is 0.377. The van der Waals surface area contributed by atoms with E-state index in [1.165, 1.54) is 12.2 Å². The van der Waals surface area contributed by atoms with E-state index in [0.717, 1.165) is 11.6 Å². The van der Waals surface area contributed by atoms with Crippen molar-refractivity contribution in [2.24, 2.45) is 0 Å². The zero-order valence-electron chi connectivity index (χ0n) is 10.6. The molecule has 21 heavy (non-hydrogen) atoms. The van der Waals surface area contributed by atoms with Crippen LogP contribution >= 0.6 is 0 Å². The smallest absolute Gasteiger partial charge is 0.200 e. The van der Waals surface area contributed by atoms with Crippen LogP contribution in [0.5, 0.6) is 0 Å². The molecule has 2 rings (SSSR count). The summed E-state index contributed by atoms with van der Waals surface area (Å²) in [6, 6.07) is 9.01. The van der Waals surface area contributed by atoms with Gasteiger partial charge < -0.3 is 0 Å². The van der Waals surface area contributed by atoms with Crippen LogP contribution in [0.1, 0.15) is 11.1 Å². The largest absolute Gasteiger partial charge is 0.203 e. The second-order valence-corrected chi connectivity index (χ2v) is 4.11. The zero-order chi connectivity index (χ0) is 15.4. The summed E-state index contributed by atoms with van der Waals surface area (Å²) in [4.78, 5) is 0. The molecule has 0 unspecified atom stereocenters. The Morgan fingerprint density at radius 3 is 1.62 bits per heavy atom. The molecule has 0 amide bonds. The normalized spacial score (nSPS) is 11.7. The Kier molecular flexibility index (Phi) is 4.52. The van der Waals surface area contributed by atoms with E-state index in [4.69, 9.17) is 0 Å². The molecule has 0 nitrogen and oxygen atoms in total. The predicted octanol–water partition coefficient (Wildman–Crippen LogP) is 5.11. The summed E-state index contributed by atoms with van der Waals surface area (Å²) in [5.74, 6) is -9.78. The molecule has 5 heteroatoms. The van der Waals surface area contributed by atoms with E-state index in [-0.39, 0.29) is 0 Å². The second-order valence-electron chi connectivity index (χ2n) is 4.11. The van der Waals surface area contributed by atoms with E-state index in [1.807, 2.05) is 6.07 Å². The number of allylic oxidation sites excluding steroid dienone is 2. The van der Waals surface area contributed by atoms with Gasteiger partial charge in [-0.1, -0.05) is 48.6 Å². The summed E-state index contributed by atoms with van der Waals surface area (Å²) >= 11 is 0. The van der Waals surface area contributed by atoms with Crippen LogP contribution in [-0.2, 0) is 0 Å². The first-order valence-electron chi connectivity index (χ1n) is 5.93. The highest BCUT2D eigenvalue weighted by molar-refractivity contribution is 5.58. The van der Waals surface area contributed by atoms with Gasteiger partial charge in [0.05, 0.1) is 5.56 Å². The molecule has 0 bridgehead atoms. The summed E-state index contributed by atoms with van der Waals surface area (Å²) in [5, 5.41) is 0. The zero-order valence-corrected chi connectivity index (χ0v) is 10.6. The first-order chi connectivity index (χ1) is 10.0. The molecule has 2 aromatic carbocycles.